The van der Waals surface area contributed by atoms with Gasteiger partial charge >= 0.3 is 0 Å². The number of piperidine rings is 1. The first-order chi connectivity index (χ1) is 15.7. The number of amides is 2. The third kappa shape index (κ3) is 4.85. The number of piperazine rings is 1. The van der Waals surface area contributed by atoms with Crippen LogP contribution < -0.4 is 0 Å². The van der Waals surface area contributed by atoms with E-state index in [0.29, 0.717) is 70.0 Å². The van der Waals surface area contributed by atoms with E-state index >= 15 is 0 Å². The Morgan fingerprint density at radius 3 is 2.24 bits per heavy atom. The van der Waals surface area contributed by atoms with Crippen molar-refractivity contribution in [3.63, 3.8) is 0 Å². The van der Waals surface area contributed by atoms with Gasteiger partial charge in [-0.1, -0.05) is 5.16 Å². The molecule has 4 heterocycles. The van der Waals surface area contributed by atoms with Gasteiger partial charge in [0, 0.05) is 45.7 Å². The normalized spacial score (nSPS) is 18.6. The van der Waals surface area contributed by atoms with Crippen LogP contribution in [-0.2, 0) is 14.8 Å². The molecule has 2 aliphatic heterocycles. The van der Waals surface area contributed by atoms with Crippen LogP contribution in [0.15, 0.2) is 20.9 Å². The molecule has 2 amide bonds. The fourth-order valence-electron chi connectivity index (χ4n) is 4.60. The van der Waals surface area contributed by atoms with Crippen LogP contribution in [0.25, 0.3) is 0 Å². The van der Waals surface area contributed by atoms with Crippen LogP contribution in [0.1, 0.15) is 46.0 Å². The standard InChI is InChI=1S/C22H30N4O5S2/c1-15-6-13-32-20(15)22(28)25-11-9-24(10-12-25)19(27)14-18-4-7-26(8-5-18)33(29,30)21-16(2)23-31-17(21)3/h6,13,18H,4-5,7-12,14H2,1-3H3. The second-order valence-corrected chi connectivity index (χ2v) is 11.6. The van der Waals surface area contributed by atoms with E-state index in [1.807, 2.05) is 28.2 Å². The van der Waals surface area contributed by atoms with Gasteiger partial charge in [0.25, 0.3) is 5.91 Å². The van der Waals surface area contributed by atoms with E-state index in [-0.39, 0.29) is 22.6 Å². The Balaban J connectivity index is 1.26. The number of sulfonamides is 1. The second kappa shape index (κ2) is 9.55. The van der Waals surface area contributed by atoms with Crippen molar-refractivity contribution in [2.24, 2.45) is 5.92 Å². The van der Waals surface area contributed by atoms with Gasteiger partial charge in [0.2, 0.25) is 15.9 Å². The van der Waals surface area contributed by atoms with Crippen molar-refractivity contribution in [2.45, 2.75) is 44.9 Å². The highest BCUT2D eigenvalue weighted by Crippen LogP contribution is 2.29. The molecule has 0 aliphatic carbocycles. The Bertz CT molecular complexity index is 1100. The van der Waals surface area contributed by atoms with Gasteiger partial charge in [0.15, 0.2) is 5.76 Å². The van der Waals surface area contributed by atoms with Crippen LogP contribution in [-0.4, -0.2) is 78.8 Å². The van der Waals surface area contributed by atoms with Crippen LogP contribution in [0, 0.1) is 26.7 Å². The number of carbonyl (C=O) groups is 2. The Morgan fingerprint density at radius 2 is 1.70 bits per heavy atom. The minimum Gasteiger partial charge on any atom is -0.360 e. The predicted octanol–water partition coefficient (Wildman–Crippen LogP) is 2.44. The van der Waals surface area contributed by atoms with E-state index < -0.39 is 10.0 Å². The van der Waals surface area contributed by atoms with Crippen LogP contribution in [0.2, 0.25) is 0 Å². The van der Waals surface area contributed by atoms with Gasteiger partial charge in [-0.05, 0) is 56.5 Å². The number of aromatic nitrogens is 1. The van der Waals surface area contributed by atoms with Crippen LogP contribution in [0.3, 0.4) is 0 Å². The molecule has 0 unspecified atom stereocenters. The Labute approximate surface area is 198 Å². The lowest BCUT2D eigenvalue weighted by atomic mass is 9.94. The summed E-state index contributed by atoms with van der Waals surface area (Å²) in [5.41, 5.74) is 1.36. The highest BCUT2D eigenvalue weighted by molar-refractivity contribution is 7.89. The van der Waals surface area contributed by atoms with Crippen molar-refractivity contribution < 1.29 is 22.5 Å². The largest absolute Gasteiger partial charge is 0.360 e. The quantitative estimate of drug-likeness (QED) is 0.632. The monoisotopic (exact) mass is 494 g/mol. The molecule has 2 aliphatic rings. The molecule has 2 aromatic heterocycles. The molecule has 180 valence electrons. The predicted molar refractivity (Wildman–Crippen MR) is 124 cm³/mol. The lowest BCUT2D eigenvalue weighted by Gasteiger charge is -2.36. The highest BCUT2D eigenvalue weighted by atomic mass is 32.2. The molecule has 0 N–H and O–H groups in total. The average molecular weight is 495 g/mol. The fourth-order valence-corrected chi connectivity index (χ4v) is 7.25. The number of aryl methyl sites for hydroxylation is 3. The van der Waals surface area contributed by atoms with Gasteiger partial charge in [-0.25, -0.2) is 8.42 Å². The molecule has 0 spiro atoms. The molecule has 2 fully saturated rings. The SMILES string of the molecule is Cc1ccsc1C(=O)N1CCN(C(=O)CC2CCN(S(=O)(=O)c3c(C)noc3C)CC2)CC1. The minimum atomic E-state index is -3.64. The maximum Gasteiger partial charge on any atom is 0.264 e. The van der Waals surface area contributed by atoms with Gasteiger partial charge in [0.1, 0.15) is 10.6 Å². The summed E-state index contributed by atoms with van der Waals surface area (Å²) in [7, 11) is -3.64. The molecule has 4 rings (SSSR count). The molecule has 0 saturated carbocycles. The molecule has 11 heteroatoms. The summed E-state index contributed by atoms with van der Waals surface area (Å²) in [5.74, 6) is 0.585. The first-order valence-corrected chi connectivity index (χ1v) is 13.5. The van der Waals surface area contributed by atoms with E-state index in [1.165, 1.54) is 15.6 Å². The highest BCUT2D eigenvalue weighted by Gasteiger charge is 2.35. The van der Waals surface area contributed by atoms with Crippen molar-refractivity contribution in [3.05, 3.63) is 33.3 Å². The number of hydrogen-bond donors (Lipinski definition) is 0. The zero-order chi connectivity index (χ0) is 23.8. The third-order valence-electron chi connectivity index (χ3n) is 6.58. The van der Waals surface area contributed by atoms with Crippen molar-refractivity contribution in [2.75, 3.05) is 39.3 Å². The summed E-state index contributed by atoms with van der Waals surface area (Å²) in [5, 5.41) is 5.69. The van der Waals surface area contributed by atoms with E-state index in [2.05, 4.69) is 5.16 Å². The summed E-state index contributed by atoms with van der Waals surface area (Å²) in [6.07, 6.45) is 1.70. The van der Waals surface area contributed by atoms with Crippen LogP contribution >= 0.6 is 11.3 Å². The van der Waals surface area contributed by atoms with Crippen molar-refractivity contribution in [3.8, 4) is 0 Å². The topological polar surface area (TPSA) is 104 Å². The molecule has 2 aromatic rings. The first kappa shape index (κ1) is 23.9. The first-order valence-electron chi connectivity index (χ1n) is 11.2. The van der Waals surface area contributed by atoms with E-state index in [4.69, 9.17) is 4.52 Å². The van der Waals surface area contributed by atoms with Crippen molar-refractivity contribution >= 4 is 33.2 Å². The van der Waals surface area contributed by atoms with Gasteiger partial charge in [-0.3, -0.25) is 9.59 Å². The number of thiophene rings is 1. The van der Waals surface area contributed by atoms with Gasteiger partial charge < -0.3 is 14.3 Å². The molecule has 0 radical (unpaired) electrons. The molecule has 0 atom stereocenters. The molecular weight excluding hydrogens is 464 g/mol. The lowest BCUT2D eigenvalue weighted by molar-refractivity contribution is -0.134. The summed E-state index contributed by atoms with van der Waals surface area (Å²) >= 11 is 1.46. The molecular formula is C22H30N4O5S2. The number of nitrogens with zero attached hydrogens (tertiary/aromatic N) is 4. The maximum absolute atomic E-state index is 13.0. The fraction of sp³-hybridized carbons (Fsp3) is 0.591. The van der Waals surface area contributed by atoms with Gasteiger partial charge in [0.05, 0.1) is 4.88 Å². The zero-order valence-electron chi connectivity index (χ0n) is 19.2. The smallest absolute Gasteiger partial charge is 0.264 e. The van der Waals surface area contributed by atoms with Gasteiger partial charge in [-0.2, -0.15) is 4.31 Å². The van der Waals surface area contributed by atoms with Crippen molar-refractivity contribution in [1.82, 2.24) is 19.3 Å². The van der Waals surface area contributed by atoms with Crippen LogP contribution in [0.5, 0.6) is 0 Å². The summed E-state index contributed by atoms with van der Waals surface area (Å²) in [6, 6.07) is 1.95. The minimum absolute atomic E-state index is 0.0430. The average Bonchev–Trinajstić information content (AvgIpc) is 3.38. The van der Waals surface area contributed by atoms with Crippen LogP contribution in [0.4, 0.5) is 0 Å². The maximum atomic E-state index is 13.0. The van der Waals surface area contributed by atoms with E-state index in [0.717, 1.165) is 10.4 Å². The molecule has 33 heavy (non-hydrogen) atoms. The number of rotatable bonds is 5. The van der Waals surface area contributed by atoms with E-state index in [1.54, 1.807) is 13.8 Å². The lowest BCUT2D eigenvalue weighted by Crippen LogP contribution is -2.51. The third-order valence-corrected chi connectivity index (χ3v) is 9.73. The Kier molecular flexibility index (Phi) is 6.92. The second-order valence-electron chi connectivity index (χ2n) is 8.81. The zero-order valence-corrected chi connectivity index (χ0v) is 20.9. The molecule has 2 saturated heterocycles. The molecule has 0 aromatic carbocycles. The molecule has 0 bridgehead atoms. The summed E-state index contributed by atoms with van der Waals surface area (Å²) in [4.78, 5) is 30.1. The van der Waals surface area contributed by atoms with Gasteiger partial charge in [-0.15, -0.1) is 11.3 Å². The van der Waals surface area contributed by atoms with E-state index in [9.17, 15) is 18.0 Å². The van der Waals surface area contributed by atoms with Crippen molar-refractivity contribution in [1.29, 1.82) is 0 Å². The Hall–Kier alpha value is -2.24. The molecule has 9 nitrogen and oxygen atoms in total. The summed E-state index contributed by atoms with van der Waals surface area (Å²) < 4.78 is 32.5. The number of hydrogen-bond acceptors (Lipinski definition) is 7. The Morgan fingerprint density at radius 1 is 1.06 bits per heavy atom. The summed E-state index contributed by atoms with van der Waals surface area (Å²) in [6.45, 7) is 8.08. The number of carbonyl (C=O) groups excluding carboxylic acids is 2.